The van der Waals surface area contributed by atoms with Gasteiger partial charge in [0.15, 0.2) is 10.9 Å². The smallest absolute Gasteiger partial charge is 0.276 e. The number of benzene rings is 1. The summed E-state index contributed by atoms with van der Waals surface area (Å²) in [5, 5.41) is 9.86. The Hall–Kier alpha value is -2.45. The lowest BCUT2D eigenvalue weighted by atomic mass is 9.99. The monoisotopic (exact) mass is 442 g/mol. The fraction of sp³-hybridized carbons (Fsp3) is 0.381. The Balaban J connectivity index is 1.67. The van der Waals surface area contributed by atoms with E-state index >= 15 is 0 Å². The lowest BCUT2D eigenvalue weighted by Crippen LogP contribution is -2.38. The highest BCUT2D eigenvalue weighted by atomic mass is 35.5. The molecule has 0 saturated carbocycles. The van der Waals surface area contributed by atoms with Crippen molar-refractivity contribution < 1.29 is 4.79 Å². The van der Waals surface area contributed by atoms with E-state index in [-0.39, 0.29) is 5.91 Å². The van der Waals surface area contributed by atoms with Crippen LogP contribution in [0.3, 0.4) is 0 Å². The molecule has 0 atom stereocenters. The van der Waals surface area contributed by atoms with Crippen LogP contribution >= 0.6 is 23.4 Å². The molecule has 0 spiro atoms. The summed E-state index contributed by atoms with van der Waals surface area (Å²) >= 11 is 7.78. The molecule has 9 heteroatoms. The van der Waals surface area contributed by atoms with E-state index in [4.69, 9.17) is 11.6 Å². The first-order valence-corrected chi connectivity index (χ1v) is 11.3. The Kier molecular flexibility index (Phi) is 6.34. The molecule has 1 amide bonds. The van der Waals surface area contributed by atoms with E-state index in [1.807, 2.05) is 30.0 Å². The van der Waals surface area contributed by atoms with Crippen LogP contribution < -0.4 is 0 Å². The van der Waals surface area contributed by atoms with Crippen molar-refractivity contribution in [2.75, 3.05) is 13.1 Å². The number of thioether (sulfide) groups is 1. The maximum absolute atomic E-state index is 13.2. The van der Waals surface area contributed by atoms with E-state index in [2.05, 4.69) is 27.2 Å². The standard InChI is InChI=1S/C21H23ClN6OS/c1-14-6-10-27(11-7-14)20(29)19-18(13-30-21-23-8-3-9-24-21)28(26-25-19)16-5-4-15(2)17(22)12-16/h3-5,8-9,12,14H,6-7,10-11,13H2,1-2H3. The van der Waals surface area contributed by atoms with Crippen LogP contribution in [0, 0.1) is 12.8 Å². The van der Waals surface area contributed by atoms with Crippen molar-refractivity contribution in [2.45, 2.75) is 37.6 Å². The highest BCUT2D eigenvalue weighted by molar-refractivity contribution is 7.98. The van der Waals surface area contributed by atoms with Gasteiger partial charge in [0.25, 0.3) is 5.91 Å². The number of hydrogen-bond acceptors (Lipinski definition) is 6. The summed E-state index contributed by atoms with van der Waals surface area (Å²) in [6.45, 7) is 5.67. The van der Waals surface area contributed by atoms with E-state index in [0.29, 0.717) is 27.5 Å². The van der Waals surface area contributed by atoms with Gasteiger partial charge in [-0.3, -0.25) is 4.79 Å². The largest absolute Gasteiger partial charge is 0.337 e. The Morgan fingerprint density at radius 1 is 1.23 bits per heavy atom. The minimum Gasteiger partial charge on any atom is -0.337 e. The Morgan fingerprint density at radius 2 is 1.97 bits per heavy atom. The number of carbonyl (C=O) groups excluding carboxylic acids is 1. The maximum Gasteiger partial charge on any atom is 0.276 e. The van der Waals surface area contributed by atoms with Gasteiger partial charge in [0, 0.05) is 36.3 Å². The van der Waals surface area contributed by atoms with E-state index in [9.17, 15) is 4.79 Å². The molecule has 7 nitrogen and oxygen atoms in total. The fourth-order valence-electron chi connectivity index (χ4n) is 3.37. The number of halogens is 1. The van der Waals surface area contributed by atoms with Gasteiger partial charge < -0.3 is 4.90 Å². The third kappa shape index (κ3) is 4.49. The predicted octanol–water partition coefficient (Wildman–Crippen LogP) is 4.18. The van der Waals surface area contributed by atoms with Crippen LogP contribution in [-0.2, 0) is 5.75 Å². The summed E-state index contributed by atoms with van der Waals surface area (Å²) in [5.74, 6) is 1.04. The molecule has 1 aliphatic rings. The summed E-state index contributed by atoms with van der Waals surface area (Å²) < 4.78 is 1.70. The molecule has 1 aromatic carbocycles. The van der Waals surface area contributed by atoms with Crippen LogP contribution in [0.2, 0.25) is 5.02 Å². The number of likely N-dealkylation sites (tertiary alicyclic amines) is 1. The van der Waals surface area contributed by atoms with E-state index in [0.717, 1.165) is 42.9 Å². The molecule has 1 aliphatic heterocycles. The lowest BCUT2D eigenvalue weighted by molar-refractivity contribution is 0.0690. The number of aromatic nitrogens is 5. The average Bonchev–Trinajstić information content (AvgIpc) is 3.19. The van der Waals surface area contributed by atoms with Crippen LogP contribution in [-0.4, -0.2) is 48.9 Å². The number of piperidine rings is 1. The van der Waals surface area contributed by atoms with E-state index < -0.39 is 0 Å². The van der Waals surface area contributed by atoms with Gasteiger partial charge in [0.2, 0.25) is 0 Å². The summed E-state index contributed by atoms with van der Waals surface area (Å²) in [6, 6.07) is 7.48. The van der Waals surface area contributed by atoms with Gasteiger partial charge in [0.05, 0.1) is 11.4 Å². The first-order chi connectivity index (χ1) is 14.5. The van der Waals surface area contributed by atoms with Gasteiger partial charge in [-0.2, -0.15) is 0 Å². The molecule has 0 radical (unpaired) electrons. The minimum atomic E-state index is -0.0732. The number of aryl methyl sites for hydroxylation is 1. The minimum absolute atomic E-state index is 0.0732. The Morgan fingerprint density at radius 3 is 2.67 bits per heavy atom. The van der Waals surface area contributed by atoms with Crippen LogP contribution in [0.4, 0.5) is 0 Å². The highest BCUT2D eigenvalue weighted by Gasteiger charge is 2.28. The molecule has 0 N–H and O–H groups in total. The molecule has 0 bridgehead atoms. The molecule has 1 fully saturated rings. The molecule has 156 valence electrons. The lowest BCUT2D eigenvalue weighted by Gasteiger charge is -2.29. The zero-order valence-electron chi connectivity index (χ0n) is 17.0. The average molecular weight is 443 g/mol. The highest BCUT2D eigenvalue weighted by Crippen LogP contribution is 2.26. The number of carbonyl (C=O) groups is 1. The summed E-state index contributed by atoms with van der Waals surface area (Å²) in [4.78, 5) is 23.7. The first-order valence-electron chi connectivity index (χ1n) is 9.93. The zero-order chi connectivity index (χ0) is 21.1. The SMILES string of the molecule is Cc1ccc(-n2nnc(C(=O)N3CCC(C)CC3)c2CSc2ncccn2)cc1Cl. The molecule has 4 rings (SSSR count). The van der Waals surface area contributed by atoms with Gasteiger partial charge in [-0.15, -0.1) is 5.10 Å². The van der Waals surface area contributed by atoms with Crippen molar-refractivity contribution in [1.82, 2.24) is 29.9 Å². The predicted molar refractivity (Wildman–Crippen MR) is 117 cm³/mol. The van der Waals surface area contributed by atoms with Gasteiger partial charge >= 0.3 is 0 Å². The van der Waals surface area contributed by atoms with Crippen molar-refractivity contribution in [3.63, 3.8) is 0 Å². The molecule has 3 heterocycles. The van der Waals surface area contributed by atoms with Crippen molar-refractivity contribution in [2.24, 2.45) is 5.92 Å². The second kappa shape index (κ2) is 9.14. The van der Waals surface area contributed by atoms with Crippen LogP contribution in [0.5, 0.6) is 0 Å². The molecular weight excluding hydrogens is 420 g/mol. The van der Waals surface area contributed by atoms with Crippen molar-refractivity contribution >= 4 is 29.3 Å². The second-order valence-electron chi connectivity index (χ2n) is 7.52. The topological polar surface area (TPSA) is 76.8 Å². The quantitative estimate of drug-likeness (QED) is 0.435. The number of amides is 1. The number of hydrogen-bond donors (Lipinski definition) is 0. The molecule has 1 saturated heterocycles. The normalized spacial score (nSPS) is 14.8. The summed E-state index contributed by atoms with van der Waals surface area (Å²) in [5.41, 5.74) is 2.85. The Labute approximate surface area is 184 Å². The summed E-state index contributed by atoms with van der Waals surface area (Å²) in [7, 11) is 0. The van der Waals surface area contributed by atoms with Crippen LogP contribution in [0.15, 0.2) is 41.8 Å². The van der Waals surface area contributed by atoms with Gasteiger partial charge in [-0.25, -0.2) is 14.6 Å². The third-order valence-electron chi connectivity index (χ3n) is 5.32. The van der Waals surface area contributed by atoms with Gasteiger partial charge in [-0.05, 0) is 49.4 Å². The van der Waals surface area contributed by atoms with E-state index in [1.165, 1.54) is 11.8 Å². The first kappa shape index (κ1) is 20.8. The van der Waals surface area contributed by atoms with Crippen LogP contribution in [0.1, 0.15) is 41.5 Å². The maximum atomic E-state index is 13.2. The summed E-state index contributed by atoms with van der Waals surface area (Å²) in [6.07, 6.45) is 5.42. The molecule has 0 aliphatic carbocycles. The molecule has 3 aromatic rings. The van der Waals surface area contributed by atoms with Crippen molar-refractivity contribution in [3.8, 4) is 5.69 Å². The van der Waals surface area contributed by atoms with Crippen LogP contribution in [0.25, 0.3) is 5.69 Å². The van der Waals surface area contributed by atoms with Gasteiger partial charge in [-0.1, -0.05) is 41.6 Å². The van der Waals surface area contributed by atoms with E-state index in [1.54, 1.807) is 23.1 Å². The second-order valence-corrected chi connectivity index (χ2v) is 8.87. The van der Waals surface area contributed by atoms with Crippen molar-refractivity contribution in [1.29, 1.82) is 0 Å². The molecular formula is C21H23ClN6OS. The molecule has 2 aromatic heterocycles. The van der Waals surface area contributed by atoms with Gasteiger partial charge in [0.1, 0.15) is 0 Å². The number of rotatable bonds is 5. The fourth-order valence-corrected chi connectivity index (χ4v) is 4.34. The van der Waals surface area contributed by atoms with Crippen molar-refractivity contribution in [3.05, 3.63) is 58.6 Å². The molecule has 0 unspecified atom stereocenters. The zero-order valence-corrected chi connectivity index (χ0v) is 18.5. The third-order valence-corrected chi connectivity index (χ3v) is 6.61. The molecule has 30 heavy (non-hydrogen) atoms. The Bertz CT molecular complexity index is 1030. The number of nitrogens with zero attached hydrogens (tertiary/aromatic N) is 6.